The van der Waals surface area contributed by atoms with E-state index in [1.807, 2.05) is 6.92 Å². The number of anilines is 2. The van der Waals surface area contributed by atoms with E-state index in [0.717, 1.165) is 6.42 Å². The van der Waals surface area contributed by atoms with Crippen molar-refractivity contribution in [1.29, 1.82) is 0 Å². The highest BCUT2D eigenvalue weighted by Gasteiger charge is 2.39. The number of carbonyl (C=O) groups is 2. The fourth-order valence-corrected chi connectivity index (χ4v) is 4.11. The van der Waals surface area contributed by atoms with E-state index in [9.17, 15) is 18.0 Å². The maximum Gasteiger partial charge on any atom is 0.255 e. The third-order valence-electron chi connectivity index (χ3n) is 4.85. The lowest BCUT2D eigenvalue weighted by Crippen LogP contribution is -2.25. The quantitative estimate of drug-likeness (QED) is 0.535. The van der Waals surface area contributed by atoms with Gasteiger partial charge in [-0.05, 0) is 48.2 Å². The van der Waals surface area contributed by atoms with Crippen LogP contribution in [0.25, 0.3) is 0 Å². The van der Waals surface area contributed by atoms with Crippen LogP contribution in [0.4, 0.5) is 11.4 Å². The number of hydrogen-bond donors (Lipinski definition) is 3. The molecule has 3 N–H and O–H groups in total. The van der Waals surface area contributed by atoms with E-state index in [0.29, 0.717) is 28.4 Å². The summed E-state index contributed by atoms with van der Waals surface area (Å²) in [4.78, 5) is 24.6. The molecule has 3 rings (SSSR count). The zero-order chi connectivity index (χ0) is 21.7. The SMILES string of the molecule is C=CCNS(=O)(=O)Cc1ccc(NC(=O)c2cccc(NC(=O)C3CC3C)c2)cc1. The maximum atomic E-state index is 12.5. The standard InChI is InChI=1S/C22H25N3O4S/c1-3-11-23-30(28,29)14-16-7-9-18(10-8-16)24-21(26)17-5-4-6-19(13-17)25-22(27)20-12-15(20)2/h3-10,13,15,20,23H,1,11-12,14H2,2H3,(H,24,26)(H,25,27). The molecule has 30 heavy (non-hydrogen) atoms. The van der Waals surface area contributed by atoms with Gasteiger partial charge in [0.25, 0.3) is 5.91 Å². The molecular formula is C22H25N3O4S. The highest BCUT2D eigenvalue weighted by molar-refractivity contribution is 7.88. The number of carbonyl (C=O) groups excluding carboxylic acids is 2. The van der Waals surface area contributed by atoms with Crippen molar-refractivity contribution in [2.24, 2.45) is 11.8 Å². The van der Waals surface area contributed by atoms with Gasteiger partial charge < -0.3 is 10.6 Å². The van der Waals surface area contributed by atoms with Crippen molar-refractivity contribution in [3.63, 3.8) is 0 Å². The third-order valence-corrected chi connectivity index (χ3v) is 6.17. The molecule has 0 radical (unpaired) electrons. The molecule has 0 heterocycles. The van der Waals surface area contributed by atoms with Crippen molar-refractivity contribution in [1.82, 2.24) is 4.72 Å². The Labute approximate surface area is 176 Å². The monoisotopic (exact) mass is 427 g/mol. The van der Waals surface area contributed by atoms with Crippen LogP contribution in [-0.4, -0.2) is 26.8 Å². The zero-order valence-electron chi connectivity index (χ0n) is 16.7. The summed E-state index contributed by atoms with van der Waals surface area (Å²) < 4.78 is 26.3. The van der Waals surface area contributed by atoms with E-state index in [1.54, 1.807) is 48.5 Å². The highest BCUT2D eigenvalue weighted by atomic mass is 32.2. The molecule has 2 atom stereocenters. The zero-order valence-corrected chi connectivity index (χ0v) is 17.5. The first kappa shape index (κ1) is 21.7. The summed E-state index contributed by atoms with van der Waals surface area (Å²) in [6, 6.07) is 13.4. The van der Waals surface area contributed by atoms with Gasteiger partial charge in [-0.1, -0.05) is 31.2 Å². The molecule has 2 unspecified atom stereocenters. The van der Waals surface area contributed by atoms with Crippen LogP contribution in [-0.2, 0) is 20.6 Å². The Morgan fingerprint density at radius 3 is 2.43 bits per heavy atom. The molecular weight excluding hydrogens is 402 g/mol. The molecule has 1 fully saturated rings. The van der Waals surface area contributed by atoms with Crippen molar-refractivity contribution >= 4 is 33.2 Å². The second-order valence-corrected chi connectivity index (χ2v) is 9.24. The number of hydrogen-bond acceptors (Lipinski definition) is 4. The third kappa shape index (κ3) is 6.01. The summed E-state index contributed by atoms with van der Waals surface area (Å²) in [7, 11) is -3.44. The molecule has 0 aromatic heterocycles. The normalized spacial score (nSPS) is 17.8. The first-order chi connectivity index (χ1) is 14.3. The summed E-state index contributed by atoms with van der Waals surface area (Å²) in [6.07, 6.45) is 2.37. The minimum Gasteiger partial charge on any atom is -0.326 e. The Kier molecular flexibility index (Phi) is 6.69. The van der Waals surface area contributed by atoms with Gasteiger partial charge in [0.05, 0.1) is 5.75 Å². The van der Waals surface area contributed by atoms with E-state index < -0.39 is 10.0 Å². The Morgan fingerprint density at radius 2 is 1.80 bits per heavy atom. The van der Waals surface area contributed by atoms with Gasteiger partial charge >= 0.3 is 0 Å². The van der Waals surface area contributed by atoms with Crippen LogP contribution in [0.2, 0.25) is 0 Å². The highest BCUT2D eigenvalue weighted by Crippen LogP contribution is 2.38. The summed E-state index contributed by atoms with van der Waals surface area (Å²) in [5.74, 6) is -0.0350. The Bertz CT molecular complexity index is 1050. The molecule has 158 valence electrons. The van der Waals surface area contributed by atoms with Crippen molar-refractivity contribution in [2.75, 3.05) is 17.2 Å². The molecule has 2 aromatic carbocycles. The van der Waals surface area contributed by atoms with E-state index in [-0.39, 0.29) is 30.0 Å². The average Bonchev–Trinajstić information content (AvgIpc) is 3.45. The molecule has 1 saturated carbocycles. The lowest BCUT2D eigenvalue weighted by atomic mass is 10.1. The fraction of sp³-hybridized carbons (Fsp3) is 0.273. The lowest BCUT2D eigenvalue weighted by molar-refractivity contribution is -0.117. The minimum atomic E-state index is -3.44. The topological polar surface area (TPSA) is 104 Å². The largest absolute Gasteiger partial charge is 0.326 e. The molecule has 2 aromatic rings. The molecule has 1 aliphatic carbocycles. The second-order valence-electron chi connectivity index (χ2n) is 7.44. The summed E-state index contributed by atoms with van der Waals surface area (Å²) in [6.45, 7) is 5.69. The maximum absolute atomic E-state index is 12.5. The number of rotatable bonds is 9. The molecule has 8 heteroatoms. The van der Waals surface area contributed by atoms with Crippen LogP contribution in [0.15, 0.2) is 61.2 Å². The molecule has 7 nitrogen and oxygen atoms in total. The summed E-state index contributed by atoms with van der Waals surface area (Å²) in [5, 5.41) is 5.62. The molecule has 0 saturated heterocycles. The lowest BCUT2D eigenvalue weighted by Gasteiger charge is -2.09. The van der Waals surface area contributed by atoms with Gasteiger partial charge in [-0.25, -0.2) is 13.1 Å². The van der Waals surface area contributed by atoms with Crippen LogP contribution in [0.3, 0.4) is 0 Å². The minimum absolute atomic E-state index is 0.0202. The molecule has 0 spiro atoms. The van der Waals surface area contributed by atoms with Crippen molar-refractivity contribution < 1.29 is 18.0 Å². The predicted octanol–water partition coefficient (Wildman–Crippen LogP) is 3.14. The van der Waals surface area contributed by atoms with Gasteiger partial charge in [-0.15, -0.1) is 6.58 Å². The molecule has 0 aliphatic heterocycles. The van der Waals surface area contributed by atoms with E-state index in [4.69, 9.17) is 0 Å². The van der Waals surface area contributed by atoms with Gasteiger partial charge in [-0.3, -0.25) is 9.59 Å². The van der Waals surface area contributed by atoms with Crippen LogP contribution >= 0.6 is 0 Å². The second kappa shape index (κ2) is 9.23. The van der Waals surface area contributed by atoms with Crippen LogP contribution in [0.5, 0.6) is 0 Å². The number of benzene rings is 2. The van der Waals surface area contributed by atoms with E-state index in [2.05, 4.69) is 21.9 Å². The Balaban J connectivity index is 1.60. The first-order valence-electron chi connectivity index (χ1n) is 9.67. The van der Waals surface area contributed by atoms with Crippen LogP contribution in [0, 0.1) is 11.8 Å². The number of nitrogens with one attached hydrogen (secondary N) is 3. The Hall–Kier alpha value is -2.97. The van der Waals surface area contributed by atoms with Crippen molar-refractivity contribution in [3.8, 4) is 0 Å². The first-order valence-corrected chi connectivity index (χ1v) is 11.3. The molecule has 1 aliphatic rings. The van der Waals surface area contributed by atoms with Crippen molar-refractivity contribution in [2.45, 2.75) is 19.1 Å². The molecule has 0 bridgehead atoms. The molecule has 2 amide bonds. The average molecular weight is 428 g/mol. The number of amides is 2. The van der Waals surface area contributed by atoms with Gasteiger partial charge in [0.2, 0.25) is 15.9 Å². The van der Waals surface area contributed by atoms with E-state index >= 15 is 0 Å². The van der Waals surface area contributed by atoms with E-state index in [1.165, 1.54) is 6.08 Å². The number of sulfonamides is 1. The van der Waals surface area contributed by atoms with Crippen LogP contribution < -0.4 is 15.4 Å². The predicted molar refractivity (Wildman–Crippen MR) is 118 cm³/mol. The smallest absolute Gasteiger partial charge is 0.255 e. The Morgan fingerprint density at radius 1 is 1.10 bits per heavy atom. The van der Waals surface area contributed by atoms with Gasteiger partial charge in [0.1, 0.15) is 0 Å². The fourth-order valence-electron chi connectivity index (χ4n) is 3.00. The summed E-state index contributed by atoms with van der Waals surface area (Å²) in [5.41, 5.74) is 2.14. The van der Waals surface area contributed by atoms with Crippen LogP contribution in [0.1, 0.15) is 29.3 Å². The van der Waals surface area contributed by atoms with Gasteiger partial charge in [0.15, 0.2) is 0 Å². The van der Waals surface area contributed by atoms with Crippen molar-refractivity contribution in [3.05, 3.63) is 72.3 Å². The van der Waals surface area contributed by atoms with Gasteiger partial charge in [-0.2, -0.15) is 0 Å². The summed E-state index contributed by atoms with van der Waals surface area (Å²) >= 11 is 0. The van der Waals surface area contributed by atoms with Gasteiger partial charge in [0, 0.05) is 29.4 Å².